The highest BCUT2D eigenvalue weighted by atomic mass is 16.5. The molecule has 1 aliphatic carbocycles. The SMILES string of the molecule is Cc1ccc(-c2nc(COC3CCCC(O)C3)c(C)o2)cc1. The van der Waals surface area contributed by atoms with E-state index in [2.05, 4.69) is 24.0 Å². The molecule has 118 valence electrons. The molecular formula is C18H23NO3. The van der Waals surface area contributed by atoms with Crippen LogP contribution in [0.4, 0.5) is 0 Å². The number of nitrogens with zero attached hydrogens (tertiary/aromatic N) is 1. The molecule has 0 aliphatic heterocycles. The van der Waals surface area contributed by atoms with E-state index in [0.717, 1.165) is 42.7 Å². The second kappa shape index (κ2) is 6.63. The second-order valence-electron chi connectivity index (χ2n) is 6.14. The Kier molecular flexibility index (Phi) is 4.60. The summed E-state index contributed by atoms with van der Waals surface area (Å²) in [6, 6.07) is 8.13. The van der Waals surface area contributed by atoms with Crippen molar-refractivity contribution < 1.29 is 14.3 Å². The molecule has 0 amide bonds. The number of oxazole rings is 1. The van der Waals surface area contributed by atoms with Gasteiger partial charge in [-0.15, -0.1) is 0 Å². The minimum atomic E-state index is -0.222. The van der Waals surface area contributed by atoms with Crippen LogP contribution in [-0.2, 0) is 11.3 Å². The van der Waals surface area contributed by atoms with Crippen molar-refractivity contribution in [1.82, 2.24) is 4.98 Å². The predicted octanol–water partition coefficient (Wildman–Crippen LogP) is 3.78. The van der Waals surface area contributed by atoms with Crippen molar-refractivity contribution in [3.8, 4) is 11.5 Å². The van der Waals surface area contributed by atoms with Gasteiger partial charge >= 0.3 is 0 Å². The normalized spacial score (nSPS) is 22.0. The molecule has 1 saturated carbocycles. The molecule has 1 aromatic heterocycles. The standard InChI is InChI=1S/C18H23NO3/c1-12-6-8-14(9-7-12)18-19-17(13(2)22-18)11-21-16-5-3-4-15(20)10-16/h6-9,15-16,20H,3-5,10-11H2,1-2H3. The van der Waals surface area contributed by atoms with Crippen molar-refractivity contribution in [3.63, 3.8) is 0 Å². The first-order valence-electron chi connectivity index (χ1n) is 7.95. The molecule has 4 nitrogen and oxygen atoms in total. The maximum atomic E-state index is 9.69. The molecule has 22 heavy (non-hydrogen) atoms. The highest BCUT2D eigenvalue weighted by molar-refractivity contribution is 5.54. The van der Waals surface area contributed by atoms with Crippen LogP contribution in [0.2, 0.25) is 0 Å². The van der Waals surface area contributed by atoms with E-state index in [0.29, 0.717) is 12.5 Å². The van der Waals surface area contributed by atoms with Gasteiger partial charge in [0.15, 0.2) is 0 Å². The first-order chi connectivity index (χ1) is 10.6. The Hall–Kier alpha value is -1.65. The number of aryl methyl sites for hydroxylation is 2. The smallest absolute Gasteiger partial charge is 0.226 e. The summed E-state index contributed by atoms with van der Waals surface area (Å²) in [5.41, 5.74) is 3.04. The van der Waals surface area contributed by atoms with Gasteiger partial charge in [0.25, 0.3) is 0 Å². The average molecular weight is 301 g/mol. The second-order valence-corrected chi connectivity index (χ2v) is 6.14. The van der Waals surface area contributed by atoms with E-state index >= 15 is 0 Å². The van der Waals surface area contributed by atoms with E-state index in [1.807, 2.05) is 19.1 Å². The van der Waals surface area contributed by atoms with Crippen molar-refractivity contribution >= 4 is 0 Å². The van der Waals surface area contributed by atoms with Crippen LogP contribution in [0.15, 0.2) is 28.7 Å². The first kappa shape index (κ1) is 15.3. The minimum absolute atomic E-state index is 0.127. The number of hydrogen-bond acceptors (Lipinski definition) is 4. The maximum absolute atomic E-state index is 9.69. The van der Waals surface area contributed by atoms with Crippen molar-refractivity contribution in [2.75, 3.05) is 0 Å². The van der Waals surface area contributed by atoms with Crippen LogP contribution in [0, 0.1) is 13.8 Å². The summed E-state index contributed by atoms with van der Waals surface area (Å²) in [5.74, 6) is 1.44. The minimum Gasteiger partial charge on any atom is -0.441 e. The molecule has 1 heterocycles. The Bertz CT molecular complexity index is 618. The van der Waals surface area contributed by atoms with E-state index in [1.54, 1.807) is 0 Å². The highest BCUT2D eigenvalue weighted by Crippen LogP contribution is 2.25. The van der Waals surface area contributed by atoms with Crippen molar-refractivity contribution in [3.05, 3.63) is 41.3 Å². The van der Waals surface area contributed by atoms with E-state index < -0.39 is 0 Å². The third kappa shape index (κ3) is 3.57. The van der Waals surface area contributed by atoms with E-state index in [9.17, 15) is 5.11 Å². The Labute approximate surface area is 131 Å². The molecular weight excluding hydrogens is 278 g/mol. The molecule has 0 spiro atoms. The van der Waals surface area contributed by atoms with Crippen molar-refractivity contribution in [2.24, 2.45) is 0 Å². The van der Waals surface area contributed by atoms with Gasteiger partial charge in [-0.3, -0.25) is 0 Å². The van der Waals surface area contributed by atoms with Gasteiger partial charge < -0.3 is 14.3 Å². The van der Waals surface area contributed by atoms with Crippen LogP contribution in [0.1, 0.15) is 42.7 Å². The Morgan fingerprint density at radius 2 is 2.00 bits per heavy atom. The van der Waals surface area contributed by atoms with Crippen LogP contribution in [0.3, 0.4) is 0 Å². The van der Waals surface area contributed by atoms with Crippen molar-refractivity contribution in [1.29, 1.82) is 0 Å². The molecule has 1 aliphatic rings. The molecule has 2 aromatic rings. The number of aliphatic hydroxyl groups excluding tert-OH is 1. The Balaban J connectivity index is 1.66. The lowest BCUT2D eigenvalue weighted by Crippen LogP contribution is -2.25. The van der Waals surface area contributed by atoms with Crippen LogP contribution < -0.4 is 0 Å². The summed E-state index contributed by atoms with van der Waals surface area (Å²) in [5, 5.41) is 9.69. The zero-order valence-electron chi connectivity index (χ0n) is 13.2. The summed E-state index contributed by atoms with van der Waals surface area (Å²) >= 11 is 0. The third-order valence-electron chi connectivity index (χ3n) is 4.25. The number of ether oxygens (including phenoxy) is 1. The van der Waals surface area contributed by atoms with Crippen molar-refractivity contribution in [2.45, 2.75) is 58.3 Å². The monoisotopic (exact) mass is 301 g/mol. The van der Waals surface area contributed by atoms with Gasteiger partial charge in [-0.25, -0.2) is 4.98 Å². The van der Waals surface area contributed by atoms with Gasteiger partial charge in [-0.05, 0) is 51.7 Å². The quantitative estimate of drug-likeness (QED) is 0.933. The first-order valence-corrected chi connectivity index (χ1v) is 7.95. The zero-order chi connectivity index (χ0) is 15.5. The summed E-state index contributed by atoms with van der Waals surface area (Å²) in [6.07, 6.45) is 3.56. The Morgan fingerprint density at radius 3 is 2.73 bits per heavy atom. The number of rotatable bonds is 4. The fraction of sp³-hybridized carbons (Fsp3) is 0.500. The van der Waals surface area contributed by atoms with Gasteiger partial charge in [-0.2, -0.15) is 0 Å². The van der Waals surface area contributed by atoms with Crippen LogP contribution in [0.5, 0.6) is 0 Å². The van der Waals surface area contributed by atoms with E-state index in [1.165, 1.54) is 5.56 Å². The topological polar surface area (TPSA) is 55.5 Å². The average Bonchev–Trinajstić information content (AvgIpc) is 2.87. The summed E-state index contributed by atoms with van der Waals surface area (Å²) < 4.78 is 11.7. The van der Waals surface area contributed by atoms with E-state index in [4.69, 9.17) is 9.15 Å². The fourth-order valence-corrected chi connectivity index (χ4v) is 2.85. The lowest BCUT2D eigenvalue weighted by Gasteiger charge is -2.25. The maximum Gasteiger partial charge on any atom is 0.226 e. The molecule has 0 saturated heterocycles. The fourth-order valence-electron chi connectivity index (χ4n) is 2.85. The molecule has 1 N–H and O–H groups in total. The third-order valence-corrected chi connectivity index (χ3v) is 4.25. The van der Waals surface area contributed by atoms with Gasteiger partial charge in [0, 0.05) is 5.56 Å². The molecule has 1 fully saturated rings. The highest BCUT2D eigenvalue weighted by Gasteiger charge is 2.21. The molecule has 0 bridgehead atoms. The molecule has 4 heteroatoms. The lowest BCUT2D eigenvalue weighted by atomic mass is 9.95. The van der Waals surface area contributed by atoms with Gasteiger partial charge in [0.2, 0.25) is 5.89 Å². The number of aliphatic hydroxyl groups is 1. The summed E-state index contributed by atoms with van der Waals surface area (Å²) in [6.45, 7) is 4.42. The summed E-state index contributed by atoms with van der Waals surface area (Å²) in [4.78, 5) is 4.56. The van der Waals surface area contributed by atoms with Gasteiger partial charge in [0.1, 0.15) is 11.5 Å². The van der Waals surface area contributed by atoms with E-state index in [-0.39, 0.29) is 12.2 Å². The molecule has 2 atom stereocenters. The number of hydrogen-bond donors (Lipinski definition) is 1. The number of aromatic nitrogens is 1. The van der Waals surface area contributed by atoms with Crippen LogP contribution >= 0.6 is 0 Å². The molecule has 2 unspecified atom stereocenters. The zero-order valence-corrected chi connectivity index (χ0v) is 13.2. The van der Waals surface area contributed by atoms with Gasteiger partial charge in [0.05, 0.1) is 18.8 Å². The lowest BCUT2D eigenvalue weighted by molar-refractivity contribution is -0.0240. The molecule has 1 aromatic carbocycles. The molecule has 3 rings (SSSR count). The Morgan fingerprint density at radius 1 is 1.23 bits per heavy atom. The van der Waals surface area contributed by atoms with Crippen LogP contribution in [0.25, 0.3) is 11.5 Å². The largest absolute Gasteiger partial charge is 0.441 e. The number of benzene rings is 1. The van der Waals surface area contributed by atoms with Crippen LogP contribution in [-0.4, -0.2) is 22.3 Å². The predicted molar refractivity (Wildman–Crippen MR) is 84.5 cm³/mol. The molecule has 0 radical (unpaired) electrons. The van der Waals surface area contributed by atoms with Gasteiger partial charge in [-0.1, -0.05) is 17.7 Å². The summed E-state index contributed by atoms with van der Waals surface area (Å²) in [7, 11) is 0.